The van der Waals surface area contributed by atoms with Gasteiger partial charge in [-0.25, -0.2) is 13.1 Å². The number of unbranched alkanes of at least 4 members (excludes halogenated alkanes) is 1. The predicted octanol–water partition coefficient (Wildman–Crippen LogP) is 2.02. The highest BCUT2D eigenvalue weighted by Gasteiger charge is 2.26. The minimum atomic E-state index is -3.13. The van der Waals surface area contributed by atoms with E-state index in [1.165, 1.54) is 11.1 Å². The molecule has 5 heteroatoms. The molecule has 1 aliphatic rings. The van der Waals surface area contributed by atoms with Gasteiger partial charge in [0.2, 0.25) is 10.0 Å². The standard InChI is InChI=1S/C16H26N2O2S/c1-13(2)17-9-5-6-10-21(19,20)18-12-15-11-14-7-3-4-8-16(14)15/h3-4,7-8,13,15,17-18H,5-6,9-12H2,1-2H3. The van der Waals surface area contributed by atoms with E-state index in [1.54, 1.807) is 0 Å². The summed E-state index contributed by atoms with van der Waals surface area (Å²) >= 11 is 0. The van der Waals surface area contributed by atoms with Gasteiger partial charge in [-0.15, -0.1) is 0 Å². The van der Waals surface area contributed by atoms with Crippen LogP contribution in [0.3, 0.4) is 0 Å². The van der Waals surface area contributed by atoms with Crippen LogP contribution in [0, 0.1) is 0 Å². The van der Waals surface area contributed by atoms with Crippen LogP contribution in [0.4, 0.5) is 0 Å². The van der Waals surface area contributed by atoms with Crippen molar-refractivity contribution in [1.82, 2.24) is 10.0 Å². The third-order valence-corrected chi connectivity index (χ3v) is 5.34. The van der Waals surface area contributed by atoms with Crippen molar-refractivity contribution in [1.29, 1.82) is 0 Å². The van der Waals surface area contributed by atoms with Crippen LogP contribution < -0.4 is 10.0 Å². The Morgan fingerprint density at radius 3 is 2.71 bits per heavy atom. The number of rotatable bonds is 9. The average Bonchev–Trinajstić information content (AvgIpc) is 2.39. The maximum Gasteiger partial charge on any atom is 0.211 e. The Kier molecular flexibility index (Phi) is 5.79. The molecule has 0 amide bonds. The molecule has 1 aromatic rings. The molecule has 0 bridgehead atoms. The van der Waals surface area contributed by atoms with E-state index in [4.69, 9.17) is 0 Å². The Morgan fingerprint density at radius 1 is 1.24 bits per heavy atom. The van der Waals surface area contributed by atoms with E-state index in [9.17, 15) is 8.42 Å². The smallest absolute Gasteiger partial charge is 0.211 e. The molecule has 118 valence electrons. The Morgan fingerprint density at radius 2 is 2.00 bits per heavy atom. The Hall–Kier alpha value is -0.910. The molecule has 2 rings (SSSR count). The molecule has 0 heterocycles. The second kappa shape index (κ2) is 7.38. The summed E-state index contributed by atoms with van der Waals surface area (Å²) in [4.78, 5) is 0. The van der Waals surface area contributed by atoms with Crippen molar-refractivity contribution in [2.45, 2.75) is 45.1 Å². The van der Waals surface area contributed by atoms with E-state index in [1.807, 2.05) is 12.1 Å². The lowest BCUT2D eigenvalue weighted by Crippen LogP contribution is -2.34. The molecule has 0 aliphatic heterocycles. The molecule has 1 aliphatic carbocycles. The van der Waals surface area contributed by atoms with Crippen molar-refractivity contribution in [3.63, 3.8) is 0 Å². The fourth-order valence-electron chi connectivity index (χ4n) is 2.65. The summed E-state index contributed by atoms with van der Waals surface area (Å²) in [5.41, 5.74) is 2.64. The molecule has 0 saturated carbocycles. The lowest BCUT2D eigenvalue weighted by atomic mass is 9.78. The first kappa shape index (κ1) is 16.5. The molecule has 1 unspecified atom stereocenters. The molecule has 2 N–H and O–H groups in total. The minimum Gasteiger partial charge on any atom is -0.315 e. The lowest BCUT2D eigenvalue weighted by molar-refractivity contribution is 0.542. The normalized spacial score (nSPS) is 17.6. The van der Waals surface area contributed by atoms with E-state index in [0.29, 0.717) is 24.9 Å². The van der Waals surface area contributed by atoms with Gasteiger partial charge in [0.25, 0.3) is 0 Å². The largest absolute Gasteiger partial charge is 0.315 e. The van der Waals surface area contributed by atoms with Crippen molar-refractivity contribution in [3.05, 3.63) is 35.4 Å². The summed E-state index contributed by atoms with van der Waals surface area (Å²) in [6.45, 7) is 5.59. The molecule has 0 spiro atoms. The van der Waals surface area contributed by atoms with Gasteiger partial charge in [-0.2, -0.15) is 0 Å². The van der Waals surface area contributed by atoms with Gasteiger partial charge in [-0.05, 0) is 36.9 Å². The van der Waals surface area contributed by atoms with Crippen LogP contribution in [0.2, 0.25) is 0 Å². The number of hydrogen-bond acceptors (Lipinski definition) is 3. The molecule has 21 heavy (non-hydrogen) atoms. The first-order valence-electron chi connectivity index (χ1n) is 7.76. The van der Waals surface area contributed by atoms with E-state index < -0.39 is 10.0 Å². The van der Waals surface area contributed by atoms with E-state index >= 15 is 0 Å². The zero-order valence-corrected chi connectivity index (χ0v) is 13.7. The molecule has 0 saturated heterocycles. The quantitative estimate of drug-likeness (QED) is 0.686. The first-order chi connectivity index (χ1) is 9.98. The van der Waals surface area contributed by atoms with Crippen LogP contribution in [-0.2, 0) is 16.4 Å². The monoisotopic (exact) mass is 310 g/mol. The van der Waals surface area contributed by atoms with Crippen LogP contribution in [0.15, 0.2) is 24.3 Å². The van der Waals surface area contributed by atoms with Crippen molar-refractivity contribution in [2.75, 3.05) is 18.8 Å². The molecular weight excluding hydrogens is 284 g/mol. The predicted molar refractivity (Wildman–Crippen MR) is 87.0 cm³/mol. The van der Waals surface area contributed by atoms with Crippen molar-refractivity contribution >= 4 is 10.0 Å². The van der Waals surface area contributed by atoms with E-state index in [2.05, 4.69) is 36.0 Å². The van der Waals surface area contributed by atoms with Crippen LogP contribution in [0.1, 0.15) is 43.7 Å². The molecular formula is C16H26N2O2S. The van der Waals surface area contributed by atoms with Gasteiger partial charge in [0.1, 0.15) is 0 Å². The van der Waals surface area contributed by atoms with Crippen molar-refractivity contribution < 1.29 is 8.42 Å². The van der Waals surface area contributed by atoms with E-state index in [0.717, 1.165) is 19.4 Å². The molecule has 4 nitrogen and oxygen atoms in total. The van der Waals surface area contributed by atoms with Crippen molar-refractivity contribution in [2.24, 2.45) is 0 Å². The minimum absolute atomic E-state index is 0.223. The fourth-order valence-corrected chi connectivity index (χ4v) is 3.84. The number of hydrogen-bond donors (Lipinski definition) is 2. The Bertz CT molecular complexity index is 555. The highest BCUT2D eigenvalue weighted by atomic mass is 32.2. The van der Waals surface area contributed by atoms with Crippen LogP contribution in [0.5, 0.6) is 0 Å². The fraction of sp³-hybridized carbons (Fsp3) is 0.625. The van der Waals surface area contributed by atoms with Gasteiger partial charge in [0, 0.05) is 18.5 Å². The molecule has 0 aromatic heterocycles. The van der Waals surface area contributed by atoms with Crippen LogP contribution in [-0.4, -0.2) is 33.3 Å². The number of benzene rings is 1. The molecule has 1 aromatic carbocycles. The molecule has 0 radical (unpaired) electrons. The van der Waals surface area contributed by atoms with Gasteiger partial charge in [0.15, 0.2) is 0 Å². The maximum atomic E-state index is 12.0. The number of nitrogens with one attached hydrogen (secondary N) is 2. The highest BCUT2D eigenvalue weighted by molar-refractivity contribution is 7.89. The van der Waals surface area contributed by atoms with E-state index in [-0.39, 0.29) is 5.75 Å². The second-order valence-electron chi connectivity index (χ2n) is 6.08. The summed E-state index contributed by atoms with van der Waals surface area (Å²) in [5, 5.41) is 3.30. The molecule has 0 fully saturated rings. The maximum absolute atomic E-state index is 12.0. The molecule has 1 atom stereocenters. The first-order valence-corrected chi connectivity index (χ1v) is 9.41. The zero-order chi connectivity index (χ0) is 15.3. The summed E-state index contributed by atoms with van der Waals surface area (Å²) in [7, 11) is -3.13. The van der Waals surface area contributed by atoms with Gasteiger partial charge in [-0.3, -0.25) is 0 Å². The Labute approximate surface area is 128 Å². The summed E-state index contributed by atoms with van der Waals surface area (Å²) in [6, 6.07) is 8.71. The van der Waals surface area contributed by atoms with Gasteiger partial charge >= 0.3 is 0 Å². The number of fused-ring (bicyclic) bond motifs is 1. The summed E-state index contributed by atoms with van der Waals surface area (Å²) < 4.78 is 26.7. The zero-order valence-electron chi connectivity index (χ0n) is 12.9. The highest BCUT2D eigenvalue weighted by Crippen LogP contribution is 2.34. The SMILES string of the molecule is CC(C)NCCCCS(=O)(=O)NCC1Cc2ccccc21. The third kappa shape index (κ3) is 5.09. The van der Waals surface area contributed by atoms with Crippen LogP contribution >= 0.6 is 0 Å². The third-order valence-electron chi connectivity index (χ3n) is 3.90. The average molecular weight is 310 g/mol. The summed E-state index contributed by atoms with van der Waals surface area (Å²) in [5.74, 6) is 0.569. The van der Waals surface area contributed by atoms with Gasteiger partial charge in [0.05, 0.1) is 5.75 Å². The lowest BCUT2D eigenvalue weighted by Gasteiger charge is -2.30. The van der Waals surface area contributed by atoms with Crippen molar-refractivity contribution in [3.8, 4) is 0 Å². The number of sulfonamides is 1. The topological polar surface area (TPSA) is 58.2 Å². The van der Waals surface area contributed by atoms with Gasteiger partial charge in [-0.1, -0.05) is 38.1 Å². The Balaban J connectivity index is 1.66. The van der Waals surface area contributed by atoms with Gasteiger partial charge < -0.3 is 5.32 Å². The second-order valence-corrected chi connectivity index (χ2v) is 8.01. The van der Waals surface area contributed by atoms with Crippen LogP contribution in [0.25, 0.3) is 0 Å². The summed E-state index contributed by atoms with van der Waals surface area (Å²) in [6.07, 6.45) is 2.58.